The van der Waals surface area contributed by atoms with Gasteiger partial charge in [0.25, 0.3) is 0 Å². The molecule has 352 valence electrons. The van der Waals surface area contributed by atoms with Gasteiger partial charge in [0.1, 0.15) is 22.3 Å². The summed E-state index contributed by atoms with van der Waals surface area (Å²) in [5.74, 6) is -1.44. The van der Waals surface area contributed by atoms with E-state index in [1.54, 1.807) is 62.3 Å². The Bertz CT molecular complexity index is 1300. The van der Waals surface area contributed by atoms with E-state index in [9.17, 15) is 33.6 Å². The van der Waals surface area contributed by atoms with Gasteiger partial charge in [-0.25, -0.2) is 14.4 Å². The van der Waals surface area contributed by atoms with Crippen LogP contribution >= 0.6 is 0 Å². The van der Waals surface area contributed by atoms with Crippen molar-refractivity contribution in [2.45, 2.75) is 130 Å². The highest BCUT2D eigenvalue weighted by Crippen LogP contribution is 2.12. The van der Waals surface area contributed by atoms with Crippen LogP contribution in [0.2, 0.25) is 0 Å². The van der Waals surface area contributed by atoms with Crippen molar-refractivity contribution in [1.82, 2.24) is 37.2 Å². The van der Waals surface area contributed by atoms with E-state index in [0.29, 0.717) is 45.4 Å². The molecular formula is C41H75N7O13. The first-order valence-electron chi connectivity index (χ1n) is 20.8. The van der Waals surface area contributed by atoms with Crippen LogP contribution in [0, 0.1) is 0 Å². The fourth-order valence-electron chi connectivity index (χ4n) is 4.75. The van der Waals surface area contributed by atoms with Crippen molar-refractivity contribution in [1.29, 1.82) is 0 Å². The first-order valence-corrected chi connectivity index (χ1v) is 20.8. The third-order valence-electron chi connectivity index (χ3n) is 7.33. The lowest BCUT2D eigenvalue weighted by molar-refractivity contribution is -0.131. The third-order valence-corrected chi connectivity index (χ3v) is 7.33. The Kier molecular flexibility index (Phi) is 28.0. The zero-order chi connectivity index (χ0) is 46.4. The van der Waals surface area contributed by atoms with Gasteiger partial charge in [-0.15, -0.1) is 6.58 Å². The molecule has 61 heavy (non-hydrogen) atoms. The Morgan fingerprint density at radius 1 is 0.443 bits per heavy atom. The van der Waals surface area contributed by atoms with Crippen molar-refractivity contribution in [3.63, 3.8) is 0 Å². The lowest BCUT2D eigenvalue weighted by Crippen LogP contribution is -2.58. The predicted octanol–water partition coefficient (Wildman–Crippen LogP) is 2.73. The molecule has 7 amide bonds. The van der Waals surface area contributed by atoms with Crippen molar-refractivity contribution in [3.8, 4) is 0 Å². The summed E-state index contributed by atoms with van der Waals surface area (Å²) >= 11 is 0. The fourth-order valence-corrected chi connectivity index (χ4v) is 4.75. The fraction of sp³-hybridized carbons (Fsp3) is 0.780. The first-order chi connectivity index (χ1) is 28.4. The van der Waals surface area contributed by atoms with Crippen molar-refractivity contribution in [2.75, 3.05) is 78.9 Å². The van der Waals surface area contributed by atoms with Crippen molar-refractivity contribution in [2.24, 2.45) is 0 Å². The summed E-state index contributed by atoms with van der Waals surface area (Å²) in [6.45, 7) is 21.0. The molecule has 0 aromatic carbocycles. The minimum Gasteiger partial charge on any atom is -0.444 e. The summed E-state index contributed by atoms with van der Waals surface area (Å²) in [5.41, 5.74) is -3.15. The van der Waals surface area contributed by atoms with E-state index in [1.165, 1.54) is 6.08 Å². The zero-order valence-corrected chi connectivity index (χ0v) is 38.0. The van der Waals surface area contributed by atoms with Gasteiger partial charge in [-0.3, -0.25) is 19.2 Å². The smallest absolute Gasteiger partial charge is 0.407 e. The normalized spacial score (nSPS) is 11.7. The molecular weight excluding hydrogens is 798 g/mol. The molecule has 7 N–H and O–H groups in total. The maximum Gasteiger partial charge on any atom is 0.407 e. The Labute approximate surface area is 361 Å². The van der Waals surface area contributed by atoms with Crippen LogP contribution in [0.5, 0.6) is 0 Å². The second-order valence-electron chi connectivity index (χ2n) is 17.1. The SMILES string of the molecule is C=CCOCC(COCCC(=O)NCCCNC(=O)OC(C)(C)C)(COCCC(=O)NCCCNC(=O)OC(C)(C)C)NC(=O)CCC(=O)NCCCNC(=O)OC(C)(C)C. The molecule has 20 nitrogen and oxygen atoms in total. The monoisotopic (exact) mass is 874 g/mol. The van der Waals surface area contributed by atoms with Gasteiger partial charge in [-0.2, -0.15) is 0 Å². The highest BCUT2D eigenvalue weighted by molar-refractivity contribution is 5.84. The Hall–Kier alpha value is -4.69. The van der Waals surface area contributed by atoms with Crippen molar-refractivity contribution >= 4 is 41.9 Å². The van der Waals surface area contributed by atoms with Gasteiger partial charge >= 0.3 is 18.3 Å². The number of nitrogens with one attached hydrogen (secondary N) is 7. The van der Waals surface area contributed by atoms with Crippen LogP contribution in [0.1, 0.15) is 107 Å². The Morgan fingerprint density at radius 2 is 0.754 bits per heavy atom. The van der Waals surface area contributed by atoms with E-state index < -0.39 is 46.5 Å². The zero-order valence-electron chi connectivity index (χ0n) is 38.0. The molecule has 0 aromatic rings. The van der Waals surface area contributed by atoms with Gasteiger partial charge in [-0.1, -0.05) is 6.08 Å². The highest BCUT2D eigenvalue weighted by atomic mass is 16.6. The summed E-state index contributed by atoms with van der Waals surface area (Å²) in [7, 11) is 0. The van der Waals surface area contributed by atoms with Crippen LogP contribution in [0.15, 0.2) is 12.7 Å². The van der Waals surface area contributed by atoms with E-state index in [1.807, 2.05) is 0 Å². The van der Waals surface area contributed by atoms with E-state index >= 15 is 0 Å². The number of rotatable bonds is 30. The van der Waals surface area contributed by atoms with Crippen molar-refractivity contribution in [3.05, 3.63) is 12.7 Å². The van der Waals surface area contributed by atoms with Gasteiger partial charge in [0.05, 0.1) is 39.6 Å². The largest absolute Gasteiger partial charge is 0.444 e. The summed E-state index contributed by atoms with van der Waals surface area (Å²) in [6.07, 6.45) is 0.981. The molecule has 0 fully saturated rings. The molecule has 20 heteroatoms. The number of hydrogen-bond acceptors (Lipinski definition) is 13. The number of amides is 7. The van der Waals surface area contributed by atoms with Gasteiger partial charge < -0.3 is 65.6 Å². The molecule has 0 aromatic heterocycles. The van der Waals surface area contributed by atoms with Gasteiger partial charge in [0.15, 0.2) is 0 Å². The lowest BCUT2D eigenvalue weighted by atomic mass is 10.0. The summed E-state index contributed by atoms with van der Waals surface area (Å²) in [4.78, 5) is 86.2. The van der Waals surface area contributed by atoms with Gasteiger partial charge in [0, 0.05) is 65.0 Å². The topological polar surface area (TPSA) is 259 Å². The lowest BCUT2D eigenvalue weighted by Gasteiger charge is -2.34. The van der Waals surface area contributed by atoms with Crippen LogP contribution in [0.4, 0.5) is 14.4 Å². The van der Waals surface area contributed by atoms with Crippen molar-refractivity contribution < 1.29 is 62.0 Å². The van der Waals surface area contributed by atoms with Gasteiger partial charge in [0.2, 0.25) is 23.6 Å². The summed E-state index contributed by atoms with van der Waals surface area (Å²) < 4.78 is 33.1. The summed E-state index contributed by atoms with van der Waals surface area (Å²) in [6, 6.07) is 0. The van der Waals surface area contributed by atoms with E-state index in [2.05, 4.69) is 43.8 Å². The van der Waals surface area contributed by atoms with E-state index in [4.69, 9.17) is 28.4 Å². The van der Waals surface area contributed by atoms with Crippen LogP contribution < -0.4 is 37.2 Å². The summed E-state index contributed by atoms with van der Waals surface area (Å²) in [5, 5.41) is 19.0. The molecule has 0 aliphatic carbocycles. The van der Waals surface area contributed by atoms with E-state index in [0.717, 1.165) is 0 Å². The number of hydrogen-bond donors (Lipinski definition) is 7. The molecule has 0 saturated carbocycles. The molecule has 0 saturated heterocycles. The maximum atomic E-state index is 13.3. The van der Waals surface area contributed by atoms with Crippen LogP contribution in [-0.4, -0.2) is 143 Å². The number of carbonyl (C=O) groups excluding carboxylic acids is 7. The number of alkyl carbamates (subject to hydrolysis) is 3. The van der Waals surface area contributed by atoms with Crippen LogP contribution in [-0.2, 0) is 47.6 Å². The van der Waals surface area contributed by atoms with E-state index in [-0.39, 0.29) is 96.1 Å². The van der Waals surface area contributed by atoms with Crippen LogP contribution in [0.25, 0.3) is 0 Å². The van der Waals surface area contributed by atoms with Crippen LogP contribution in [0.3, 0.4) is 0 Å². The average Bonchev–Trinajstić information content (AvgIpc) is 3.11. The Morgan fingerprint density at radius 3 is 1.10 bits per heavy atom. The standard InChI is InChI=1S/C41H75N7O13/c1-11-25-56-28-41(29-57-26-17-32(50)43-20-13-23-46-36(54)60-39(5,6)7,30-58-27-18-33(51)44-21-14-24-47-37(55)61-40(8,9)10)48-34(52)16-15-31(49)42-19-12-22-45-35(53)59-38(2,3)4/h11H,1,12-30H2,2-10H3,(H,42,49)(H,43,50)(H,44,51)(H,45,53)(H,46,54)(H,47,55)(H,48,52). The molecule has 0 rings (SSSR count). The molecule has 0 unspecified atom stereocenters. The maximum absolute atomic E-state index is 13.3. The minimum atomic E-state index is -1.28. The Balaban J connectivity index is 5.24. The molecule has 0 bridgehead atoms. The third kappa shape index (κ3) is 35.7. The molecule has 0 spiro atoms. The molecule has 0 aliphatic rings. The number of ether oxygens (including phenoxy) is 6. The molecule has 0 heterocycles. The number of carbonyl (C=O) groups is 7. The minimum absolute atomic E-state index is 0.00117. The molecule has 0 radical (unpaired) electrons. The quantitative estimate of drug-likeness (QED) is 0.0312. The first kappa shape index (κ1) is 56.3. The second-order valence-corrected chi connectivity index (χ2v) is 17.1. The average molecular weight is 874 g/mol. The molecule has 0 aliphatic heterocycles. The highest BCUT2D eigenvalue weighted by Gasteiger charge is 2.34. The second kappa shape index (κ2) is 30.4. The van der Waals surface area contributed by atoms with Gasteiger partial charge in [-0.05, 0) is 81.6 Å². The molecule has 0 atom stereocenters. The predicted molar refractivity (Wildman–Crippen MR) is 228 cm³/mol.